The Morgan fingerprint density at radius 2 is 1.75 bits per heavy atom. The maximum atomic E-state index is 4.60. The Hall–Kier alpha value is -2.14. The molecule has 0 radical (unpaired) electrons. The zero-order valence-corrected chi connectivity index (χ0v) is 11.7. The average Bonchev–Trinajstić information content (AvgIpc) is 2.49. The molecule has 5 nitrogen and oxygen atoms in total. The third kappa shape index (κ3) is 3.05. The van der Waals surface area contributed by atoms with Gasteiger partial charge in [-0.1, -0.05) is 18.2 Å². The van der Waals surface area contributed by atoms with Gasteiger partial charge in [0.15, 0.2) is 0 Å². The topological polar surface area (TPSA) is 44.3 Å². The molecule has 1 aliphatic rings. The molecule has 1 fully saturated rings. The zero-order valence-electron chi connectivity index (χ0n) is 11.7. The van der Waals surface area contributed by atoms with E-state index < -0.39 is 0 Å². The van der Waals surface area contributed by atoms with Crippen LogP contribution in [-0.2, 0) is 0 Å². The summed E-state index contributed by atoms with van der Waals surface area (Å²) in [5.74, 6) is 1.64. The lowest BCUT2D eigenvalue weighted by Crippen LogP contribution is -2.44. The van der Waals surface area contributed by atoms with Gasteiger partial charge in [-0.2, -0.15) is 4.98 Å². The molecule has 1 aliphatic heterocycles. The van der Waals surface area contributed by atoms with Crippen molar-refractivity contribution < 1.29 is 0 Å². The Kier molecular flexibility index (Phi) is 3.78. The third-order valence-electron chi connectivity index (χ3n) is 3.50. The molecule has 104 valence electrons. The van der Waals surface area contributed by atoms with Crippen molar-refractivity contribution in [2.24, 2.45) is 0 Å². The maximum absolute atomic E-state index is 4.60. The molecule has 1 N–H and O–H groups in total. The molecule has 5 heteroatoms. The number of benzene rings is 1. The molecule has 1 aromatic heterocycles. The summed E-state index contributed by atoms with van der Waals surface area (Å²) in [6.07, 6.45) is 1.81. The first kappa shape index (κ1) is 12.9. The van der Waals surface area contributed by atoms with Gasteiger partial charge in [-0.25, -0.2) is 4.98 Å². The van der Waals surface area contributed by atoms with Gasteiger partial charge in [0.2, 0.25) is 5.95 Å². The van der Waals surface area contributed by atoms with Gasteiger partial charge >= 0.3 is 0 Å². The van der Waals surface area contributed by atoms with E-state index in [0.29, 0.717) is 5.95 Å². The first-order valence-electron chi connectivity index (χ1n) is 6.90. The molecule has 3 rings (SSSR count). The van der Waals surface area contributed by atoms with Crippen LogP contribution in [0.25, 0.3) is 0 Å². The first-order chi connectivity index (χ1) is 9.81. The van der Waals surface area contributed by atoms with Crippen molar-refractivity contribution in [3.8, 4) is 0 Å². The van der Waals surface area contributed by atoms with E-state index in [1.807, 2.05) is 42.6 Å². The molecule has 0 unspecified atom stereocenters. The van der Waals surface area contributed by atoms with E-state index in [-0.39, 0.29) is 0 Å². The minimum absolute atomic E-state index is 0.646. The van der Waals surface area contributed by atoms with Gasteiger partial charge in [-0.15, -0.1) is 0 Å². The lowest BCUT2D eigenvalue weighted by Gasteiger charge is -2.33. The van der Waals surface area contributed by atoms with Crippen LogP contribution in [-0.4, -0.2) is 48.1 Å². The second-order valence-corrected chi connectivity index (χ2v) is 5.02. The fraction of sp³-hybridized carbons (Fsp3) is 0.333. The van der Waals surface area contributed by atoms with Crippen LogP contribution in [0, 0.1) is 0 Å². The minimum atomic E-state index is 0.646. The number of likely N-dealkylation sites (N-methyl/N-ethyl adjacent to an activating group) is 1. The van der Waals surface area contributed by atoms with E-state index in [9.17, 15) is 0 Å². The summed E-state index contributed by atoms with van der Waals surface area (Å²) < 4.78 is 0. The first-order valence-corrected chi connectivity index (χ1v) is 6.90. The van der Waals surface area contributed by atoms with E-state index in [0.717, 1.165) is 37.7 Å². The Balaban J connectivity index is 1.73. The number of para-hydroxylation sites is 1. The van der Waals surface area contributed by atoms with Gasteiger partial charge in [0, 0.05) is 38.1 Å². The molecule has 0 saturated carbocycles. The smallest absolute Gasteiger partial charge is 0.229 e. The predicted octanol–water partition coefficient (Wildman–Crippen LogP) is 1.97. The van der Waals surface area contributed by atoms with Crippen molar-refractivity contribution in [3.63, 3.8) is 0 Å². The highest BCUT2D eigenvalue weighted by Gasteiger charge is 2.15. The van der Waals surface area contributed by atoms with Crippen molar-refractivity contribution in [1.82, 2.24) is 14.9 Å². The molecule has 0 bridgehead atoms. The van der Waals surface area contributed by atoms with Gasteiger partial charge in [0.05, 0.1) is 0 Å². The molecule has 0 spiro atoms. The number of hydrogen-bond donors (Lipinski definition) is 1. The van der Waals surface area contributed by atoms with E-state index in [1.54, 1.807) is 0 Å². The Bertz CT molecular complexity index is 549. The molecule has 0 amide bonds. The number of anilines is 3. The average molecular weight is 269 g/mol. The molecule has 2 heterocycles. The molecular weight excluding hydrogens is 250 g/mol. The minimum Gasteiger partial charge on any atom is -0.354 e. The quantitative estimate of drug-likeness (QED) is 0.923. The summed E-state index contributed by atoms with van der Waals surface area (Å²) in [4.78, 5) is 13.5. The van der Waals surface area contributed by atoms with Gasteiger partial charge < -0.3 is 15.1 Å². The van der Waals surface area contributed by atoms with Crippen LogP contribution in [0.5, 0.6) is 0 Å². The van der Waals surface area contributed by atoms with Crippen LogP contribution in [0.2, 0.25) is 0 Å². The van der Waals surface area contributed by atoms with Crippen molar-refractivity contribution in [2.75, 3.05) is 43.4 Å². The summed E-state index contributed by atoms with van der Waals surface area (Å²) in [6.45, 7) is 4.17. The fourth-order valence-corrected chi connectivity index (χ4v) is 2.27. The zero-order chi connectivity index (χ0) is 13.8. The number of rotatable bonds is 3. The summed E-state index contributed by atoms with van der Waals surface area (Å²) in [7, 11) is 2.15. The lowest BCUT2D eigenvalue weighted by atomic mass is 10.3. The highest BCUT2D eigenvalue weighted by Crippen LogP contribution is 2.17. The highest BCUT2D eigenvalue weighted by molar-refractivity contribution is 5.54. The Morgan fingerprint density at radius 1 is 1.00 bits per heavy atom. The lowest BCUT2D eigenvalue weighted by molar-refractivity contribution is 0.312. The van der Waals surface area contributed by atoms with Gasteiger partial charge in [0.1, 0.15) is 5.82 Å². The SMILES string of the molecule is CN1CCN(c2ccnc(Nc3ccccc3)n2)CC1. The van der Waals surface area contributed by atoms with E-state index in [1.165, 1.54) is 0 Å². The number of piperazine rings is 1. The number of nitrogens with zero attached hydrogens (tertiary/aromatic N) is 4. The fourth-order valence-electron chi connectivity index (χ4n) is 2.27. The van der Waals surface area contributed by atoms with Crippen LogP contribution in [0.1, 0.15) is 0 Å². The van der Waals surface area contributed by atoms with E-state index in [2.05, 4.69) is 32.1 Å². The van der Waals surface area contributed by atoms with Gasteiger partial charge in [-0.05, 0) is 25.2 Å². The number of aromatic nitrogens is 2. The largest absolute Gasteiger partial charge is 0.354 e. The standard InChI is InChI=1S/C15H19N5/c1-19-9-11-20(12-10-19)14-7-8-16-15(18-14)17-13-5-3-2-4-6-13/h2-8H,9-12H2,1H3,(H,16,17,18). The van der Waals surface area contributed by atoms with Gasteiger partial charge in [-0.3, -0.25) is 0 Å². The van der Waals surface area contributed by atoms with Crippen molar-refractivity contribution >= 4 is 17.5 Å². The predicted molar refractivity (Wildman–Crippen MR) is 81.5 cm³/mol. The molecule has 2 aromatic rings. The molecule has 20 heavy (non-hydrogen) atoms. The summed E-state index contributed by atoms with van der Waals surface area (Å²) in [5.41, 5.74) is 1.00. The van der Waals surface area contributed by atoms with Gasteiger partial charge in [0.25, 0.3) is 0 Å². The van der Waals surface area contributed by atoms with Crippen LogP contribution in [0.4, 0.5) is 17.5 Å². The molecular formula is C15H19N5. The van der Waals surface area contributed by atoms with E-state index in [4.69, 9.17) is 0 Å². The molecule has 0 aliphatic carbocycles. The molecule has 0 atom stereocenters. The number of hydrogen-bond acceptors (Lipinski definition) is 5. The van der Waals surface area contributed by atoms with Crippen LogP contribution < -0.4 is 10.2 Å². The molecule has 1 saturated heterocycles. The number of nitrogens with one attached hydrogen (secondary N) is 1. The van der Waals surface area contributed by atoms with Crippen molar-refractivity contribution in [3.05, 3.63) is 42.6 Å². The summed E-state index contributed by atoms with van der Waals surface area (Å²) in [6, 6.07) is 12.0. The Morgan fingerprint density at radius 3 is 2.50 bits per heavy atom. The maximum Gasteiger partial charge on any atom is 0.229 e. The van der Waals surface area contributed by atoms with Crippen LogP contribution >= 0.6 is 0 Å². The second kappa shape index (κ2) is 5.88. The Labute approximate surface area is 119 Å². The van der Waals surface area contributed by atoms with Crippen molar-refractivity contribution in [2.45, 2.75) is 0 Å². The third-order valence-corrected chi connectivity index (χ3v) is 3.50. The second-order valence-electron chi connectivity index (χ2n) is 5.02. The summed E-state index contributed by atoms with van der Waals surface area (Å²) >= 11 is 0. The van der Waals surface area contributed by atoms with E-state index >= 15 is 0 Å². The normalized spacial score (nSPS) is 16.1. The summed E-state index contributed by atoms with van der Waals surface area (Å²) in [5, 5.41) is 3.23. The van der Waals surface area contributed by atoms with Crippen LogP contribution in [0.3, 0.4) is 0 Å². The molecule has 1 aromatic carbocycles. The monoisotopic (exact) mass is 269 g/mol. The highest BCUT2D eigenvalue weighted by atomic mass is 15.3. The van der Waals surface area contributed by atoms with Crippen molar-refractivity contribution in [1.29, 1.82) is 0 Å². The van der Waals surface area contributed by atoms with Crippen LogP contribution in [0.15, 0.2) is 42.6 Å².